The van der Waals surface area contributed by atoms with E-state index in [-0.39, 0.29) is 6.04 Å². The van der Waals surface area contributed by atoms with Gasteiger partial charge in [0.1, 0.15) is 11.6 Å². The van der Waals surface area contributed by atoms with E-state index in [1.54, 1.807) is 14.2 Å². The highest BCUT2D eigenvalue weighted by Gasteiger charge is 2.25. The molecule has 0 saturated heterocycles. The lowest BCUT2D eigenvalue weighted by molar-refractivity contribution is 0.164. The Morgan fingerprint density at radius 3 is 2.37 bits per heavy atom. The quantitative estimate of drug-likeness (QED) is 0.441. The number of hydrogen-bond acceptors (Lipinski definition) is 3. The minimum absolute atomic E-state index is 0.108. The van der Waals surface area contributed by atoms with E-state index in [1.807, 2.05) is 12.1 Å². The van der Waals surface area contributed by atoms with Crippen molar-refractivity contribution in [2.24, 2.45) is 10.9 Å². The molecule has 0 radical (unpaired) electrons. The summed E-state index contributed by atoms with van der Waals surface area (Å²) in [7, 11) is 3.45. The smallest absolute Gasteiger partial charge is 0.135 e. The number of allylic oxidation sites excluding steroid dienone is 1. The summed E-state index contributed by atoms with van der Waals surface area (Å²) in [5, 5.41) is 0. The zero-order valence-corrected chi connectivity index (χ0v) is 18.8. The van der Waals surface area contributed by atoms with Crippen LogP contribution in [0, 0.1) is 5.92 Å². The molecular formula is C26H34N2O2. The number of aliphatic imine (C=N–C) groups is 1. The first kappa shape index (κ1) is 22.1. The van der Waals surface area contributed by atoms with Crippen molar-refractivity contribution in [1.29, 1.82) is 0 Å². The van der Waals surface area contributed by atoms with Crippen LogP contribution in [0.15, 0.2) is 65.8 Å². The Balaban J connectivity index is 2.03. The topological polar surface area (TPSA) is 34.1 Å². The molecule has 0 bridgehead atoms. The van der Waals surface area contributed by atoms with Gasteiger partial charge in [-0.2, -0.15) is 0 Å². The van der Waals surface area contributed by atoms with E-state index in [4.69, 9.17) is 14.5 Å². The summed E-state index contributed by atoms with van der Waals surface area (Å²) in [4.78, 5) is 7.57. The van der Waals surface area contributed by atoms with E-state index in [2.05, 4.69) is 74.3 Å². The lowest BCUT2D eigenvalue weighted by Crippen LogP contribution is -2.39. The molecule has 0 fully saturated rings. The van der Waals surface area contributed by atoms with Crippen molar-refractivity contribution in [2.75, 3.05) is 20.8 Å². The molecule has 0 unspecified atom stereocenters. The van der Waals surface area contributed by atoms with E-state index < -0.39 is 0 Å². The maximum absolute atomic E-state index is 5.48. The number of hydrogen-bond donors (Lipinski definition) is 0. The van der Waals surface area contributed by atoms with E-state index in [1.165, 1.54) is 11.1 Å². The second-order valence-corrected chi connectivity index (χ2v) is 8.26. The summed E-state index contributed by atoms with van der Waals surface area (Å²) in [5.74, 6) is 2.30. The van der Waals surface area contributed by atoms with Crippen LogP contribution in [0.4, 0.5) is 0 Å². The SMILES string of the molecule is COC[C@@H](N=C(c1ccccc1)N1C=C(c2ccc(OC)cc2)CC[C@H]1C)C(C)C. The highest BCUT2D eigenvalue weighted by atomic mass is 16.5. The third-order valence-corrected chi connectivity index (χ3v) is 5.73. The van der Waals surface area contributed by atoms with Crippen LogP contribution in [0.25, 0.3) is 5.57 Å². The molecule has 0 aromatic heterocycles. The molecule has 160 valence electrons. The fraction of sp³-hybridized carbons (Fsp3) is 0.423. The normalized spacial score (nSPS) is 18.3. The Kier molecular flexibility index (Phi) is 7.69. The third kappa shape index (κ3) is 5.31. The largest absolute Gasteiger partial charge is 0.497 e. The molecular weight excluding hydrogens is 372 g/mol. The molecule has 30 heavy (non-hydrogen) atoms. The molecule has 0 N–H and O–H groups in total. The first-order valence-electron chi connectivity index (χ1n) is 10.8. The fourth-order valence-corrected chi connectivity index (χ4v) is 3.74. The first-order valence-corrected chi connectivity index (χ1v) is 10.8. The number of nitrogens with zero attached hydrogens (tertiary/aromatic N) is 2. The number of amidine groups is 1. The predicted octanol–water partition coefficient (Wildman–Crippen LogP) is 5.64. The summed E-state index contributed by atoms with van der Waals surface area (Å²) in [6.07, 6.45) is 4.42. The lowest BCUT2D eigenvalue weighted by atomic mass is 9.94. The Labute approximate surface area is 181 Å². The summed E-state index contributed by atoms with van der Waals surface area (Å²) < 4.78 is 10.8. The van der Waals surface area contributed by atoms with Crippen molar-refractivity contribution in [3.05, 3.63) is 71.9 Å². The minimum atomic E-state index is 0.108. The molecule has 2 aromatic rings. The van der Waals surface area contributed by atoms with Crippen LogP contribution in [0.1, 0.15) is 44.7 Å². The van der Waals surface area contributed by atoms with E-state index in [0.29, 0.717) is 18.6 Å². The molecule has 1 aliphatic heterocycles. The van der Waals surface area contributed by atoms with Crippen molar-refractivity contribution in [2.45, 2.75) is 45.7 Å². The summed E-state index contributed by atoms with van der Waals surface area (Å²) >= 11 is 0. The van der Waals surface area contributed by atoms with Gasteiger partial charge in [0, 0.05) is 24.9 Å². The highest BCUT2D eigenvalue weighted by Crippen LogP contribution is 2.31. The molecule has 2 atom stereocenters. The Bertz CT molecular complexity index is 856. The molecule has 2 aromatic carbocycles. The van der Waals surface area contributed by atoms with Crippen LogP contribution in [-0.4, -0.2) is 43.6 Å². The summed E-state index contributed by atoms with van der Waals surface area (Å²) in [5.41, 5.74) is 3.70. The van der Waals surface area contributed by atoms with Gasteiger partial charge < -0.3 is 14.4 Å². The first-order chi connectivity index (χ1) is 14.5. The molecule has 1 aliphatic rings. The Morgan fingerprint density at radius 2 is 1.77 bits per heavy atom. The molecule has 0 spiro atoms. The highest BCUT2D eigenvalue weighted by molar-refractivity contribution is 6.00. The van der Waals surface area contributed by atoms with Crippen LogP contribution >= 0.6 is 0 Å². The zero-order valence-electron chi connectivity index (χ0n) is 18.8. The molecule has 3 rings (SSSR count). The van der Waals surface area contributed by atoms with E-state index in [9.17, 15) is 0 Å². The zero-order chi connectivity index (χ0) is 21.5. The second kappa shape index (κ2) is 10.4. The van der Waals surface area contributed by atoms with Gasteiger partial charge in [-0.15, -0.1) is 0 Å². The van der Waals surface area contributed by atoms with Gasteiger partial charge in [0.15, 0.2) is 0 Å². The van der Waals surface area contributed by atoms with Crippen molar-refractivity contribution in [1.82, 2.24) is 4.90 Å². The third-order valence-electron chi connectivity index (χ3n) is 5.73. The fourth-order valence-electron chi connectivity index (χ4n) is 3.74. The van der Waals surface area contributed by atoms with Gasteiger partial charge >= 0.3 is 0 Å². The van der Waals surface area contributed by atoms with Crippen molar-refractivity contribution >= 4 is 11.4 Å². The maximum Gasteiger partial charge on any atom is 0.135 e. The Hall–Kier alpha value is -2.59. The lowest BCUT2D eigenvalue weighted by Gasteiger charge is -2.35. The van der Waals surface area contributed by atoms with Gasteiger partial charge in [-0.3, -0.25) is 4.99 Å². The second-order valence-electron chi connectivity index (χ2n) is 8.26. The summed E-state index contributed by atoms with van der Waals surface area (Å²) in [6, 6.07) is 19.3. The molecule has 4 heteroatoms. The number of benzene rings is 2. The number of ether oxygens (including phenoxy) is 2. The molecule has 0 aliphatic carbocycles. The average Bonchev–Trinajstić information content (AvgIpc) is 2.78. The van der Waals surface area contributed by atoms with Gasteiger partial charge in [0.25, 0.3) is 0 Å². The average molecular weight is 407 g/mol. The molecule has 0 saturated carbocycles. The summed E-state index contributed by atoms with van der Waals surface area (Å²) in [6.45, 7) is 7.30. The molecule has 0 amide bonds. The van der Waals surface area contributed by atoms with Crippen LogP contribution < -0.4 is 4.74 Å². The predicted molar refractivity (Wildman–Crippen MR) is 125 cm³/mol. The van der Waals surface area contributed by atoms with Crippen LogP contribution in [-0.2, 0) is 4.74 Å². The van der Waals surface area contributed by atoms with Gasteiger partial charge in [-0.25, -0.2) is 0 Å². The van der Waals surface area contributed by atoms with Crippen LogP contribution in [0.3, 0.4) is 0 Å². The van der Waals surface area contributed by atoms with Crippen molar-refractivity contribution in [3.63, 3.8) is 0 Å². The Morgan fingerprint density at radius 1 is 1.07 bits per heavy atom. The van der Waals surface area contributed by atoms with Crippen LogP contribution in [0.5, 0.6) is 5.75 Å². The van der Waals surface area contributed by atoms with Gasteiger partial charge in [-0.05, 0) is 49.0 Å². The van der Waals surface area contributed by atoms with Gasteiger partial charge in [-0.1, -0.05) is 56.3 Å². The van der Waals surface area contributed by atoms with Gasteiger partial charge in [0.05, 0.1) is 19.8 Å². The molecule has 4 nitrogen and oxygen atoms in total. The van der Waals surface area contributed by atoms with Crippen molar-refractivity contribution in [3.8, 4) is 5.75 Å². The van der Waals surface area contributed by atoms with E-state index >= 15 is 0 Å². The minimum Gasteiger partial charge on any atom is -0.497 e. The number of methoxy groups -OCH3 is 2. The number of rotatable bonds is 7. The van der Waals surface area contributed by atoms with Gasteiger partial charge in [0.2, 0.25) is 0 Å². The maximum atomic E-state index is 5.48. The molecule has 1 heterocycles. The standard InChI is InChI=1S/C26H34N2O2/c1-19(2)25(18-29-4)27-26(22-9-7-6-8-10-22)28-17-23(12-11-20(28)3)21-13-15-24(30-5)16-14-21/h6-10,13-17,19-20,25H,11-12,18H2,1-5H3/t20-,25-/m1/s1. The van der Waals surface area contributed by atoms with E-state index in [0.717, 1.165) is 30.0 Å². The van der Waals surface area contributed by atoms with Crippen molar-refractivity contribution < 1.29 is 9.47 Å². The van der Waals surface area contributed by atoms with Crippen LogP contribution in [0.2, 0.25) is 0 Å². The monoisotopic (exact) mass is 406 g/mol.